The summed E-state index contributed by atoms with van der Waals surface area (Å²) >= 11 is 7.46. The number of ether oxygens (including phenoxy) is 3. The molecule has 0 atom stereocenters. The Bertz CT molecular complexity index is 850. The molecule has 3 rings (SSSR count). The average molecular weight is 393 g/mol. The van der Waals surface area contributed by atoms with Crippen molar-refractivity contribution in [1.29, 1.82) is 0 Å². The molecule has 0 radical (unpaired) electrons. The van der Waals surface area contributed by atoms with Crippen LogP contribution in [0.1, 0.15) is 0 Å². The first kappa shape index (κ1) is 18.4. The SMILES string of the molecule is COc1cc(OC)cc(-c2nnc(SCCOc3ccccc3Cl)o2)c1. The van der Waals surface area contributed by atoms with Gasteiger partial charge in [-0.25, -0.2) is 0 Å². The second-order valence-corrected chi connectivity index (χ2v) is 6.56. The number of nitrogens with zero attached hydrogens (tertiary/aromatic N) is 2. The number of halogens is 1. The van der Waals surface area contributed by atoms with Gasteiger partial charge in [-0.1, -0.05) is 35.5 Å². The fourth-order valence-electron chi connectivity index (χ4n) is 2.16. The fourth-order valence-corrected chi connectivity index (χ4v) is 2.93. The normalized spacial score (nSPS) is 10.6. The Morgan fingerprint density at radius 3 is 2.46 bits per heavy atom. The van der Waals surface area contributed by atoms with E-state index in [-0.39, 0.29) is 0 Å². The molecule has 1 heterocycles. The number of benzene rings is 2. The Balaban J connectivity index is 1.59. The number of para-hydroxylation sites is 1. The highest BCUT2D eigenvalue weighted by molar-refractivity contribution is 7.99. The zero-order valence-corrected chi connectivity index (χ0v) is 15.8. The highest BCUT2D eigenvalue weighted by Crippen LogP contribution is 2.30. The molecule has 0 amide bonds. The van der Waals surface area contributed by atoms with Gasteiger partial charge in [-0.15, -0.1) is 10.2 Å². The molecule has 1 aromatic heterocycles. The molecule has 6 nitrogen and oxygen atoms in total. The molecular weight excluding hydrogens is 376 g/mol. The Morgan fingerprint density at radius 1 is 1.04 bits per heavy atom. The predicted molar refractivity (Wildman–Crippen MR) is 101 cm³/mol. The van der Waals surface area contributed by atoms with Gasteiger partial charge in [0.05, 0.1) is 25.8 Å². The topological polar surface area (TPSA) is 66.6 Å². The maximum absolute atomic E-state index is 6.05. The minimum atomic E-state index is 0.400. The second kappa shape index (κ2) is 8.82. The van der Waals surface area contributed by atoms with E-state index in [1.165, 1.54) is 11.8 Å². The van der Waals surface area contributed by atoms with Crippen LogP contribution in [-0.2, 0) is 0 Å². The number of aromatic nitrogens is 2. The quantitative estimate of drug-likeness (QED) is 0.410. The lowest BCUT2D eigenvalue weighted by molar-refractivity contribution is 0.343. The van der Waals surface area contributed by atoms with Crippen LogP contribution in [0.15, 0.2) is 52.1 Å². The molecule has 0 N–H and O–H groups in total. The van der Waals surface area contributed by atoms with Crippen LogP contribution >= 0.6 is 23.4 Å². The summed E-state index contributed by atoms with van der Waals surface area (Å²) in [5, 5.41) is 9.18. The highest BCUT2D eigenvalue weighted by atomic mass is 35.5. The Labute approximate surface area is 160 Å². The zero-order valence-electron chi connectivity index (χ0n) is 14.3. The molecule has 0 fully saturated rings. The van der Waals surface area contributed by atoms with Crippen molar-refractivity contribution in [2.24, 2.45) is 0 Å². The third-order valence-electron chi connectivity index (χ3n) is 3.41. The van der Waals surface area contributed by atoms with Crippen LogP contribution in [0.5, 0.6) is 17.2 Å². The lowest BCUT2D eigenvalue weighted by Gasteiger charge is -2.06. The van der Waals surface area contributed by atoms with E-state index in [0.29, 0.717) is 45.7 Å². The zero-order chi connectivity index (χ0) is 18.4. The summed E-state index contributed by atoms with van der Waals surface area (Å²) in [6.07, 6.45) is 0. The van der Waals surface area contributed by atoms with E-state index in [0.717, 1.165) is 5.56 Å². The van der Waals surface area contributed by atoms with E-state index in [9.17, 15) is 0 Å². The van der Waals surface area contributed by atoms with Crippen molar-refractivity contribution in [3.8, 4) is 28.7 Å². The summed E-state index contributed by atoms with van der Waals surface area (Å²) in [6.45, 7) is 0.471. The number of hydrogen-bond donors (Lipinski definition) is 0. The van der Waals surface area contributed by atoms with Crippen molar-refractivity contribution in [3.63, 3.8) is 0 Å². The summed E-state index contributed by atoms with van der Waals surface area (Å²) < 4.78 is 21.8. The fraction of sp³-hybridized carbons (Fsp3) is 0.222. The molecule has 26 heavy (non-hydrogen) atoms. The Morgan fingerprint density at radius 2 is 1.77 bits per heavy atom. The second-order valence-electron chi connectivity index (χ2n) is 5.10. The summed E-state index contributed by atoms with van der Waals surface area (Å²) in [4.78, 5) is 0. The predicted octanol–water partition coefficient (Wildman–Crippen LogP) is 4.58. The maximum atomic E-state index is 6.05. The molecule has 0 saturated heterocycles. The van der Waals surface area contributed by atoms with Crippen LogP contribution in [0.2, 0.25) is 5.02 Å². The van der Waals surface area contributed by atoms with E-state index in [1.54, 1.807) is 26.4 Å². The van der Waals surface area contributed by atoms with Crippen LogP contribution in [0, 0.1) is 0 Å². The van der Waals surface area contributed by atoms with Crippen LogP contribution in [0.25, 0.3) is 11.5 Å². The highest BCUT2D eigenvalue weighted by Gasteiger charge is 2.12. The summed E-state index contributed by atoms with van der Waals surface area (Å²) in [6, 6.07) is 12.8. The Hall–Kier alpha value is -2.38. The first-order chi connectivity index (χ1) is 12.7. The van der Waals surface area contributed by atoms with Gasteiger partial charge in [0, 0.05) is 17.4 Å². The van der Waals surface area contributed by atoms with E-state index in [4.69, 9.17) is 30.2 Å². The average Bonchev–Trinajstić information content (AvgIpc) is 3.15. The van der Waals surface area contributed by atoms with Gasteiger partial charge < -0.3 is 18.6 Å². The molecule has 2 aromatic carbocycles. The van der Waals surface area contributed by atoms with Gasteiger partial charge in [-0.2, -0.15) is 0 Å². The third-order valence-corrected chi connectivity index (χ3v) is 4.50. The van der Waals surface area contributed by atoms with Crippen molar-refractivity contribution < 1.29 is 18.6 Å². The first-order valence-electron chi connectivity index (χ1n) is 7.76. The summed E-state index contributed by atoms with van der Waals surface area (Å²) in [7, 11) is 3.18. The number of hydrogen-bond acceptors (Lipinski definition) is 7. The molecular formula is C18H17ClN2O4S. The summed E-state index contributed by atoms with van der Waals surface area (Å²) in [5.41, 5.74) is 0.730. The lowest BCUT2D eigenvalue weighted by atomic mass is 10.2. The molecule has 0 unspecified atom stereocenters. The molecule has 0 saturated carbocycles. The lowest BCUT2D eigenvalue weighted by Crippen LogP contribution is -2.00. The molecule has 3 aromatic rings. The van der Waals surface area contributed by atoms with E-state index in [2.05, 4.69) is 10.2 Å². The van der Waals surface area contributed by atoms with Gasteiger partial charge >= 0.3 is 0 Å². The van der Waals surface area contributed by atoms with Crippen molar-refractivity contribution in [1.82, 2.24) is 10.2 Å². The van der Waals surface area contributed by atoms with Gasteiger partial charge in [-0.05, 0) is 24.3 Å². The number of rotatable bonds is 8. The largest absolute Gasteiger partial charge is 0.497 e. The van der Waals surface area contributed by atoms with Gasteiger partial charge in [0.2, 0.25) is 5.89 Å². The van der Waals surface area contributed by atoms with E-state index in [1.807, 2.05) is 30.3 Å². The van der Waals surface area contributed by atoms with Gasteiger partial charge in [0.1, 0.15) is 17.2 Å². The van der Waals surface area contributed by atoms with Crippen LogP contribution in [0.4, 0.5) is 0 Å². The molecule has 0 bridgehead atoms. The standard InChI is InChI=1S/C18H17ClN2O4S/c1-22-13-9-12(10-14(11-13)23-2)17-20-21-18(25-17)26-8-7-24-16-6-4-3-5-15(16)19/h3-6,9-11H,7-8H2,1-2H3. The van der Waals surface area contributed by atoms with Crippen LogP contribution in [-0.4, -0.2) is 36.8 Å². The van der Waals surface area contributed by atoms with Crippen LogP contribution < -0.4 is 14.2 Å². The van der Waals surface area contributed by atoms with E-state index < -0.39 is 0 Å². The molecule has 0 aliphatic rings. The summed E-state index contributed by atoms with van der Waals surface area (Å²) in [5.74, 6) is 3.01. The van der Waals surface area contributed by atoms with E-state index >= 15 is 0 Å². The number of thioether (sulfide) groups is 1. The Kier molecular flexibility index (Phi) is 6.25. The first-order valence-corrected chi connectivity index (χ1v) is 9.13. The third kappa shape index (κ3) is 4.62. The van der Waals surface area contributed by atoms with Crippen molar-refractivity contribution in [2.45, 2.75) is 5.22 Å². The monoisotopic (exact) mass is 392 g/mol. The number of methoxy groups -OCH3 is 2. The minimum absolute atomic E-state index is 0.400. The molecule has 136 valence electrons. The van der Waals surface area contributed by atoms with Gasteiger partial charge in [0.25, 0.3) is 5.22 Å². The maximum Gasteiger partial charge on any atom is 0.276 e. The van der Waals surface area contributed by atoms with Crippen molar-refractivity contribution in [2.75, 3.05) is 26.6 Å². The molecule has 8 heteroatoms. The molecule has 0 spiro atoms. The molecule has 0 aliphatic heterocycles. The van der Waals surface area contributed by atoms with Crippen molar-refractivity contribution >= 4 is 23.4 Å². The minimum Gasteiger partial charge on any atom is -0.497 e. The van der Waals surface area contributed by atoms with Crippen LogP contribution in [0.3, 0.4) is 0 Å². The molecule has 0 aliphatic carbocycles. The van der Waals surface area contributed by atoms with Gasteiger partial charge in [0.15, 0.2) is 0 Å². The van der Waals surface area contributed by atoms with Gasteiger partial charge in [-0.3, -0.25) is 0 Å². The van der Waals surface area contributed by atoms with Crippen molar-refractivity contribution in [3.05, 3.63) is 47.5 Å². The smallest absolute Gasteiger partial charge is 0.276 e.